The lowest BCUT2D eigenvalue weighted by molar-refractivity contribution is 0.265. The molecular weight excluding hydrogens is 199 g/mol. The lowest BCUT2D eigenvalue weighted by Gasteiger charge is -2.14. The molecule has 0 spiro atoms. The molecule has 0 radical (unpaired) electrons. The van der Waals surface area contributed by atoms with Crippen molar-refractivity contribution < 1.29 is 13.6 Å². The molecule has 1 aromatic rings. The molecule has 0 amide bonds. The Kier molecular flexibility index (Phi) is 4.08. The van der Waals surface area contributed by atoms with Crippen LogP contribution < -0.4 is 5.30 Å². The third-order valence-corrected chi connectivity index (χ3v) is 3.58. The average Bonchev–Trinajstić information content (AvgIpc) is 2.27. The van der Waals surface area contributed by atoms with E-state index in [1.165, 1.54) is 13.2 Å². The van der Waals surface area contributed by atoms with Gasteiger partial charge in [-0.2, -0.15) is 0 Å². The van der Waals surface area contributed by atoms with Gasteiger partial charge in [0.1, 0.15) is 0 Å². The van der Waals surface area contributed by atoms with Gasteiger partial charge in [0.15, 0.2) is 0 Å². The maximum Gasteiger partial charge on any atom is 0.361 e. The van der Waals surface area contributed by atoms with E-state index in [4.69, 9.17) is 9.05 Å². The summed E-state index contributed by atoms with van der Waals surface area (Å²) in [6, 6.07) is 8.86. The largest absolute Gasteiger partial charge is 0.361 e. The SMILES string of the molecule is C=CCOP(=O)(OC)c1ccccc1. The fourth-order valence-corrected chi connectivity index (χ4v) is 2.30. The normalized spacial score (nSPS) is 14.6. The van der Waals surface area contributed by atoms with Gasteiger partial charge in [0, 0.05) is 7.11 Å². The van der Waals surface area contributed by atoms with Crippen LogP contribution in [0.2, 0.25) is 0 Å². The van der Waals surface area contributed by atoms with Gasteiger partial charge in [0.05, 0.1) is 11.9 Å². The summed E-state index contributed by atoms with van der Waals surface area (Å²) in [5.41, 5.74) is 0. The fourth-order valence-electron chi connectivity index (χ4n) is 0.994. The van der Waals surface area contributed by atoms with Crippen molar-refractivity contribution in [2.24, 2.45) is 0 Å². The van der Waals surface area contributed by atoms with Crippen LogP contribution in [0, 0.1) is 0 Å². The van der Waals surface area contributed by atoms with Crippen molar-refractivity contribution >= 4 is 12.9 Å². The highest BCUT2D eigenvalue weighted by Crippen LogP contribution is 2.45. The van der Waals surface area contributed by atoms with Crippen LogP contribution in [0.3, 0.4) is 0 Å². The predicted octanol–water partition coefficient (Wildman–Crippen LogP) is 2.35. The molecule has 14 heavy (non-hydrogen) atoms. The zero-order valence-electron chi connectivity index (χ0n) is 8.05. The first-order valence-corrected chi connectivity index (χ1v) is 5.74. The summed E-state index contributed by atoms with van der Waals surface area (Å²) in [6.45, 7) is 3.70. The van der Waals surface area contributed by atoms with E-state index in [1.54, 1.807) is 24.3 Å². The standard InChI is InChI=1S/C10H13O3P/c1-3-9-13-14(11,12-2)10-7-5-4-6-8-10/h3-8H,1,9H2,2H3. The van der Waals surface area contributed by atoms with Crippen LogP contribution in [-0.4, -0.2) is 13.7 Å². The topological polar surface area (TPSA) is 35.5 Å². The second-order valence-electron chi connectivity index (χ2n) is 2.60. The summed E-state index contributed by atoms with van der Waals surface area (Å²) in [5, 5.41) is 0.560. The highest BCUT2D eigenvalue weighted by molar-refractivity contribution is 7.62. The summed E-state index contributed by atoms with van der Waals surface area (Å²) in [7, 11) is -1.77. The van der Waals surface area contributed by atoms with Gasteiger partial charge < -0.3 is 9.05 Å². The van der Waals surface area contributed by atoms with Crippen molar-refractivity contribution in [3.05, 3.63) is 43.0 Å². The Bertz CT molecular complexity index is 334. The van der Waals surface area contributed by atoms with Gasteiger partial charge in [-0.15, -0.1) is 6.58 Å². The summed E-state index contributed by atoms with van der Waals surface area (Å²) in [4.78, 5) is 0. The molecule has 0 bridgehead atoms. The van der Waals surface area contributed by atoms with Crippen LogP contribution in [0.1, 0.15) is 0 Å². The lowest BCUT2D eigenvalue weighted by atomic mass is 10.4. The molecule has 3 nitrogen and oxygen atoms in total. The molecule has 0 aliphatic rings. The third kappa shape index (κ3) is 2.55. The molecule has 0 N–H and O–H groups in total. The molecule has 1 unspecified atom stereocenters. The van der Waals surface area contributed by atoms with Crippen molar-refractivity contribution in [3.63, 3.8) is 0 Å². The Morgan fingerprint density at radius 1 is 1.43 bits per heavy atom. The number of hydrogen-bond acceptors (Lipinski definition) is 3. The average molecular weight is 212 g/mol. The van der Waals surface area contributed by atoms with Gasteiger partial charge in [0.2, 0.25) is 0 Å². The maximum atomic E-state index is 12.1. The Morgan fingerprint density at radius 3 is 2.57 bits per heavy atom. The van der Waals surface area contributed by atoms with Crippen molar-refractivity contribution in [1.29, 1.82) is 0 Å². The fraction of sp³-hybridized carbons (Fsp3) is 0.200. The molecule has 1 aromatic carbocycles. The molecule has 76 valence electrons. The molecule has 1 rings (SSSR count). The molecular formula is C10H13O3P. The predicted molar refractivity (Wildman–Crippen MR) is 56.8 cm³/mol. The molecule has 1 atom stereocenters. The maximum absolute atomic E-state index is 12.1. The van der Waals surface area contributed by atoms with Crippen molar-refractivity contribution in [3.8, 4) is 0 Å². The van der Waals surface area contributed by atoms with Gasteiger partial charge >= 0.3 is 7.60 Å². The lowest BCUT2D eigenvalue weighted by Crippen LogP contribution is -2.08. The number of hydrogen-bond donors (Lipinski definition) is 0. The molecule has 0 fully saturated rings. The van der Waals surface area contributed by atoms with Crippen LogP contribution in [0.4, 0.5) is 0 Å². The smallest absolute Gasteiger partial charge is 0.309 e. The van der Waals surface area contributed by atoms with E-state index in [9.17, 15) is 4.57 Å². The van der Waals surface area contributed by atoms with E-state index in [-0.39, 0.29) is 6.61 Å². The van der Waals surface area contributed by atoms with Crippen molar-refractivity contribution in [1.82, 2.24) is 0 Å². The Balaban J connectivity index is 2.90. The second kappa shape index (κ2) is 5.11. The molecule has 0 saturated heterocycles. The van der Waals surface area contributed by atoms with Crippen LogP contribution in [-0.2, 0) is 13.6 Å². The monoisotopic (exact) mass is 212 g/mol. The second-order valence-corrected chi connectivity index (χ2v) is 4.73. The minimum atomic E-state index is -3.14. The first kappa shape index (κ1) is 11.2. The first-order chi connectivity index (χ1) is 6.73. The van der Waals surface area contributed by atoms with E-state index < -0.39 is 7.60 Å². The molecule has 4 heteroatoms. The summed E-state index contributed by atoms with van der Waals surface area (Å²) in [6.07, 6.45) is 1.54. The minimum Gasteiger partial charge on any atom is -0.309 e. The van der Waals surface area contributed by atoms with E-state index >= 15 is 0 Å². The quantitative estimate of drug-likeness (QED) is 0.555. The van der Waals surface area contributed by atoms with E-state index in [0.717, 1.165) is 0 Å². The van der Waals surface area contributed by atoms with E-state index in [2.05, 4.69) is 6.58 Å². The van der Waals surface area contributed by atoms with Crippen LogP contribution in [0.5, 0.6) is 0 Å². The Labute approximate surface area is 83.9 Å². The number of rotatable bonds is 5. The molecule has 0 aliphatic heterocycles. The van der Waals surface area contributed by atoms with Gasteiger partial charge in [-0.3, -0.25) is 4.57 Å². The summed E-state index contributed by atoms with van der Waals surface area (Å²) in [5.74, 6) is 0. The van der Waals surface area contributed by atoms with Gasteiger partial charge in [-0.05, 0) is 12.1 Å². The van der Waals surface area contributed by atoms with Crippen LogP contribution in [0.25, 0.3) is 0 Å². The van der Waals surface area contributed by atoms with E-state index in [0.29, 0.717) is 5.30 Å². The minimum absolute atomic E-state index is 0.208. The Hall–Kier alpha value is -0.890. The van der Waals surface area contributed by atoms with Gasteiger partial charge in [0.25, 0.3) is 0 Å². The Morgan fingerprint density at radius 2 is 2.07 bits per heavy atom. The highest BCUT2D eigenvalue weighted by Gasteiger charge is 2.24. The van der Waals surface area contributed by atoms with Crippen LogP contribution >= 0.6 is 7.60 Å². The summed E-state index contributed by atoms with van der Waals surface area (Å²) >= 11 is 0. The zero-order chi connectivity index (χ0) is 10.4. The molecule has 0 aliphatic carbocycles. The van der Waals surface area contributed by atoms with Crippen molar-refractivity contribution in [2.75, 3.05) is 13.7 Å². The van der Waals surface area contributed by atoms with E-state index in [1.807, 2.05) is 6.07 Å². The van der Waals surface area contributed by atoms with Gasteiger partial charge in [-0.25, -0.2) is 0 Å². The highest BCUT2D eigenvalue weighted by atomic mass is 31.2. The third-order valence-electron chi connectivity index (χ3n) is 1.68. The van der Waals surface area contributed by atoms with Crippen LogP contribution in [0.15, 0.2) is 43.0 Å². The summed E-state index contributed by atoms with van der Waals surface area (Å²) < 4.78 is 22.1. The van der Waals surface area contributed by atoms with Gasteiger partial charge in [-0.1, -0.05) is 24.3 Å². The van der Waals surface area contributed by atoms with Crippen molar-refractivity contribution in [2.45, 2.75) is 0 Å². The molecule has 0 heterocycles. The zero-order valence-corrected chi connectivity index (χ0v) is 8.94. The number of benzene rings is 1. The first-order valence-electron chi connectivity index (χ1n) is 4.20. The molecule has 0 saturated carbocycles. The molecule has 0 aromatic heterocycles.